The number of fused-ring (bicyclic) bond motifs is 1. The Kier molecular flexibility index (Phi) is 5.49. The molecule has 10 heteroatoms. The Morgan fingerprint density at radius 2 is 2.07 bits per heavy atom. The van der Waals surface area contributed by atoms with E-state index < -0.39 is 11.7 Å². The van der Waals surface area contributed by atoms with Crippen LogP contribution in [0.2, 0.25) is 5.15 Å². The van der Waals surface area contributed by atoms with Crippen molar-refractivity contribution < 1.29 is 19.1 Å². The molecule has 1 N–H and O–H groups in total. The third-order valence-corrected chi connectivity index (χ3v) is 4.70. The summed E-state index contributed by atoms with van der Waals surface area (Å²) in [5.41, 5.74) is -0.135. The highest BCUT2D eigenvalue weighted by Gasteiger charge is 2.33. The number of carbonyl (C=O) groups excluding carboxylic acids is 2. The topological polar surface area (TPSA) is 98.1 Å². The Morgan fingerprint density at radius 1 is 1.36 bits per heavy atom. The first kappa shape index (κ1) is 20.3. The molecule has 2 amide bonds. The molecular weight excluding hydrogens is 386 g/mol. The molecule has 0 saturated heterocycles. The third-order valence-electron chi connectivity index (χ3n) is 4.51. The zero-order valence-electron chi connectivity index (χ0n) is 16.5. The van der Waals surface area contributed by atoms with Crippen LogP contribution >= 0.6 is 11.6 Å². The summed E-state index contributed by atoms with van der Waals surface area (Å²) in [4.78, 5) is 30.6. The van der Waals surface area contributed by atoms with Gasteiger partial charge in [0.15, 0.2) is 5.65 Å². The molecule has 2 aromatic rings. The fourth-order valence-corrected chi connectivity index (χ4v) is 3.08. The van der Waals surface area contributed by atoms with Gasteiger partial charge in [-0.05, 0) is 33.6 Å². The maximum Gasteiger partial charge on any atom is 0.415 e. The van der Waals surface area contributed by atoms with Crippen LogP contribution < -0.4 is 10.2 Å². The van der Waals surface area contributed by atoms with E-state index in [1.54, 1.807) is 27.9 Å². The van der Waals surface area contributed by atoms with Gasteiger partial charge in [-0.3, -0.25) is 9.69 Å². The molecular formula is C18H24ClN5O4. The van der Waals surface area contributed by atoms with Crippen molar-refractivity contribution in [3.63, 3.8) is 0 Å². The predicted octanol–water partition coefficient (Wildman–Crippen LogP) is 2.66. The van der Waals surface area contributed by atoms with E-state index in [2.05, 4.69) is 15.4 Å². The van der Waals surface area contributed by atoms with Gasteiger partial charge in [0.25, 0.3) is 5.91 Å². The molecule has 2 atom stereocenters. The smallest absolute Gasteiger partial charge is 0.415 e. The Morgan fingerprint density at radius 3 is 2.64 bits per heavy atom. The fraction of sp³-hybridized carbons (Fsp3) is 0.556. The minimum absolute atomic E-state index is 0.0104. The molecule has 2 heterocycles. The maximum atomic E-state index is 12.7. The molecule has 9 nitrogen and oxygen atoms in total. The lowest BCUT2D eigenvalue weighted by atomic mass is 9.89. The Balaban J connectivity index is 1.90. The van der Waals surface area contributed by atoms with Gasteiger partial charge in [-0.1, -0.05) is 11.6 Å². The number of ether oxygens (including phenoxy) is 2. The lowest BCUT2D eigenvalue weighted by Gasteiger charge is -2.35. The summed E-state index contributed by atoms with van der Waals surface area (Å²) in [6.45, 7) is 5.33. The van der Waals surface area contributed by atoms with E-state index in [0.717, 1.165) is 12.8 Å². The van der Waals surface area contributed by atoms with Crippen LogP contribution in [0.15, 0.2) is 12.3 Å². The van der Waals surface area contributed by atoms with Gasteiger partial charge in [-0.2, -0.15) is 9.61 Å². The van der Waals surface area contributed by atoms with E-state index in [1.807, 2.05) is 0 Å². The molecule has 0 radical (unpaired) electrons. The number of nitrogens with one attached hydrogen (secondary N) is 1. The highest BCUT2D eigenvalue weighted by molar-refractivity contribution is 6.30. The van der Waals surface area contributed by atoms with Crippen molar-refractivity contribution in [1.29, 1.82) is 0 Å². The lowest BCUT2D eigenvalue weighted by Crippen LogP contribution is -2.51. The number of hydrogen-bond donors (Lipinski definition) is 1. The van der Waals surface area contributed by atoms with Crippen LogP contribution in [0.1, 0.15) is 44.0 Å². The van der Waals surface area contributed by atoms with Gasteiger partial charge in [0.2, 0.25) is 0 Å². The molecule has 0 aromatic carbocycles. The van der Waals surface area contributed by atoms with E-state index in [1.165, 1.54) is 28.7 Å². The van der Waals surface area contributed by atoms with Crippen molar-refractivity contribution in [1.82, 2.24) is 19.9 Å². The molecule has 2 aromatic heterocycles. The monoisotopic (exact) mass is 409 g/mol. The van der Waals surface area contributed by atoms with Crippen LogP contribution in [0.3, 0.4) is 0 Å². The summed E-state index contributed by atoms with van der Waals surface area (Å²) in [6, 6.07) is 1.44. The largest absolute Gasteiger partial charge is 0.443 e. The van der Waals surface area contributed by atoms with Gasteiger partial charge >= 0.3 is 6.09 Å². The highest BCUT2D eigenvalue weighted by Crippen LogP contribution is 2.25. The van der Waals surface area contributed by atoms with Crippen molar-refractivity contribution in [2.75, 3.05) is 19.1 Å². The number of anilines is 1. The molecule has 1 unspecified atom stereocenters. The molecule has 1 fully saturated rings. The summed E-state index contributed by atoms with van der Waals surface area (Å²) in [6.07, 6.45) is 2.60. The highest BCUT2D eigenvalue weighted by atomic mass is 35.5. The van der Waals surface area contributed by atoms with E-state index in [9.17, 15) is 9.59 Å². The number of rotatable bonds is 4. The summed E-state index contributed by atoms with van der Waals surface area (Å²) in [5, 5.41) is 7.28. The van der Waals surface area contributed by atoms with Crippen LogP contribution in [0.5, 0.6) is 0 Å². The zero-order chi connectivity index (χ0) is 20.6. The second-order valence-electron chi connectivity index (χ2n) is 7.70. The molecule has 28 heavy (non-hydrogen) atoms. The molecule has 1 aliphatic rings. The average molecular weight is 410 g/mol. The lowest BCUT2D eigenvalue weighted by molar-refractivity contribution is 0.00732. The molecule has 1 aliphatic carbocycles. The average Bonchev–Trinajstić information content (AvgIpc) is 2.99. The third kappa shape index (κ3) is 4.05. The number of methoxy groups -OCH3 is 1. The summed E-state index contributed by atoms with van der Waals surface area (Å²) < 4.78 is 12.1. The van der Waals surface area contributed by atoms with Crippen molar-refractivity contribution >= 4 is 35.1 Å². The first-order valence-corrected chi connectivity index (χ1v) is 9.33. The van der Waals surface area contributed by atoms with E-state index in [4.69, 9.17) is 21.1 Å². The predicted molar refractivity (Wildman–Crippen MR) is 104 cm³/mol. The molecule has 0 bridgehead atoms. The SMILES string of the molecule is COC1CC[C@H]1NC(=O)c1cnn2c(N(C)C(=O)OC(C)(C)C)cc(Cl)nc12. The molecule has 3 rings (SSSR count). The fourth-order valence-electron chi connectivity index (χ4n) is 2.90. The minimum atomic E-state index is -0.656. The molecule has 0 spiro atoms. The van der Waals surface area contributed by atoms with E-state index in [0.29, 0.717) is 5.82 Å². The number of carbonyl (C=O) groups is 2. The Labute approximate surface area is 167 Å². The summed E-state index contributed by atoms with van der Waals surface area (Å²) in [5.74, 6) is 0.0177. The second-order valence-corrected chi connectivity index (χ2v) is 8.09. The van der Waals surface area contributed by atoms with Gasteiger partial charge in [-0.25, -0.2) is 9.78 Å². The zero-order valence-corrected chi connectivity index (χ0v) is 17.3. The van der Waals surface area contributed by atoms with Crippen LogP contribution in [0, 0.1) is 0 Å². The first-order valence-electron chi connectivity index (χ1n) is 8.95. The second kappa shape index (κ2) is 7.56. The Bertz CT molecular complexity index is 905. The van der Waals surface area contributed by atoms with Crippen molar-refractivity contribution in [2.45, 2.75) is 51.4 Å². The number of aromatic nitrogens is 3. The van der Waals surface area contributed by atoms with Crippen LogP contribution in [0.25, 0.3) is 5.65 Å². The first-order chi connectivity index (χ1) is 13.1. The van der Waals surface area contributed by atoms with Crippen molar-refractivity contribution in [2.24, 2.45) is 0 Å². The van der Waals surface area contributed by atoms with Crippen LogP contribution in [0.4, 0.5) is 10.6 Å². The molecule has 152 valence electrons. The minimum Gasteiger partial charge on any atom is -0.443 e. The quantitative estimate of drug-likeness (QED) is 0.779. The number of hydrogen-bond acceptors (Lipinski definition) is 6. The van der Waals surface area contributed by atoms with Crippen LogP contribution in [-0.2, 0) is 9.47 Å². The van der Waals surface area contributed by atoms with E-state index >= 15 is 0 Å². The Hall–Kier alpha value is -2.39. The van der Waals surface area contributed by atoms with Crippen molar-refractivity contribution in [3.8, 4) is 0 Å². The number of nitrogens with zero attached hydrogens (tertiary/aromatic N) is 4. The standard InChI is InChI=1S/C18H24ClN5O4/c1-18(2,3)28-17(26)23(4)14-8-13(19)22-15-10(9-20-24(14)15)16(25)21-11-6-7-12(11)27-5/h8-9,11-12H,6-7H2,1-5H3,(H,21,25)/t11-,12?/m1/s1. The molecule has 0 aliphatic heterocycles. The maximum absolute atomic E-state index is 12.7. The number of halogens is 1. The van der Waals surface area contributed by atoms with Gasteiger partial charge < -0.3 is 14.8 Å². The van der Waals surface area contributed by atoms with Gasteiger partial charge in [-0.15, -0.1) is 0 Å². The summed E-state index contributed by atoms with van der Waals surface area (Å²) in [7, 11) is 3.16. The normalized spacial score (nSPS) is 19.2. The van der Waals surface area contributed by atoms with Gasteiger partial charge in [0.1, 0.15) is 22.1 Å². The molecule has 1 saturated carbocycles. The summed E-state index contributed by atoms with van der Waals surface area (Å²) >= 11 is 6.15. The van der Waals surface area contributed by atoms with Gasteiger partial charge in [0.05, 0.1) is 18.3 Å². The van der Waals surface area contributed by atoms with Gasteiger partial charge in [0, 0.05) is 20.2 Å². The van der Waals surface area contributed by atoms with E-state index in [-0.39, 0.29) is 34.4 Å². The number of amides is 2. The van der Waals surface area contributed by atoms with Crippen molar-refractivity contribution in [3.05, 3.63) is 23.0 Å². The van der Waals surface area contributed by atoms with Crippen LogP contribution in [-0.4, -0.2) is 58.5 Å².